The van der Waals surface area contributed by atoms with Crippen molar-refractivity contribution in [1.29, 1.82) is 0 Å². The molecule has 2 N–H and O–H groups in total. The van der Waals surface area contributed by atoms with E-state index in [9.17, 15) is 0 Å². The Balaban J connectivity index is 1.85. The van der Waals surface area contributed by atoms with Crippen LogP contribution in [0.5, 0.6) is 0 Å². The minimum absolute atomic E-state index is 0.340. The highest BCUT2D eigenvalue weighted by atomic mass is 15.3. The van der Waals surface area contributed by atoms with Crippen LogP contribution in [0.15, 0.2) is 12.4 Å². The molecule has 2 aromatic rings. The zero-order valence-electron chi connectivity index (χ0n) is 12.9. The first-order chi connectivity index (χ1) is 9.63. The molecule has 2 rings (SSSR count). The van der Waals surface area contributed by atoms with Gasteiger partial charge in [0.15, 0.2) is 0 Å². The van der Waals surface area contributed by atoms with Crippen molar-refractivity contribution in [2.24, 2.45) is 0 Å². The average Bonchev–Trinajstić information content (AvgIpc) is 3.02. The SMILES string of the molecule is CCn1nc(C)c(C(C)NCCCc2ncc[nH]2)c1C. The van der Waals surface area contributed by atoms with Gasteiger partial charge in [0.2, 0.25) is 0 Å². The Labute approximate surface area is 120 Å². The van der Waals surface area contributed by atoms with Crippen LogP contribution < -0.4 is 5.32 Å². The number of aryl methyl sites for hydroxylation is 3. The van der Waals surface area contributed by atoms with Gasteiger partial charge in [-0.2, -0.15) is 5.10 Å². The molecule has 20 heavy (non-hydrogen) atoms. The Morgan fingerprint density at radius 2 is 2.20 bits per heavy atom. The van der Waals surface area contributed by atoms with Crippen LogP contribution in [0, 0.1) is 13.8 Å². The van der Waals surface area contributed by atoms with Gasteiger partial charge in [-0.3, -0.25) is 4.68 Å². The van der Waals surface area contributed by atoms with Crippen molar-refractivity contribution in [3.8, 4) is 0 Å². The van der Waals surface area contributed by atoms with Gasteiger partial charge in [0.1, 0.15) is 5.82 Å². The fourth-order valence-electron chi connectivity index (χ4n) is 2.76. The Hall–Kier alpha value is -1.62. The third-order valence-corrected chi connectivity index (χ3v) is 3.77. The van der Waals surface area contributed by atoms with Gasteiger partial charge in [0.05, 0.1) is 5.69 Å². The number of aromatic nitrogens is 4. The minimum atomic E-state index is 0.340. The molecule has 0 saturated carbocycles. The molecule has 1 atom stereocenters. The van der Waals surface area contributed by atoms with Gasteiger partial charge in [-0.1, -0.05) is 0 Å². The van der Waals surface area contributed by atoms with Gasteiger partial charge in [-0.05, 0) is 40.7 Å². The molecule has 5 heteroatoms. The summed E-state index contributed by atoms with van der Waals surface area (Å²) < 4.78 is 2.08. The molecule has 0 spiro atoms. The van der Waals surface area contributed by atoms with Gasteiger partial charge in [0, 0.05) is 42.7 Å². The zero-order chi connectivity index (χ0) is 14.5. The van der Waals surface area contributed by atoms with Crippen LogP contribution in [0.2, 0.25) is 0 Å². The first kappa shape index (κ1) is 14.8. The summed E-state index contributed by atoms with van der Waals surface area (Å²) in [6, 6.07) is 0.340. The Bertz CT molecular complexity index is 527. The van der Waals surface area contributed by atoms with Crippen LogP contribution in [0.3, 0.4) is 0 Å². The van der Waals surface area contributed by atoms with E-state index in [1.54, 1.807) is 6.20 Å². The standard InChI is InChI=1S/C15H25N5/c1-5-20-13(4)15(12(3)19-20)11(2)16-8-6-7-14-17-9-10-18-14/h9-11,16H,5-8H2,1-4H3,(H,17,18). The van der Waals surface area contributed by atoms with Crippen molar-refractivity contribution in [2.45, 2.75) is 53.1 Å². The summed E-state index contributed by atoms with van der Waals surface area (Å²) in [6.07, 6.45) is 5.74. The van der Waals surface area contributed by atoms with Gasteiger partial charge in [0.25, 0.3) is 0 Å². The average molecular weight is 275 g/mol. The molecule has 0 aliphatic heterocycles. The number of imidazole rings is 1. The number of aromatic amines is 1. The number of rotatable bonds is 7. The number of nitrogens with one attached hydrogen (secondary N) is 2. The quantitative estimate of drug-likeness (QED) is 0.763. The lowest BCUT2D eigenvalue weighted by Gasteiger charge is -2.14. The van der Waals surface area contributed by atoms with E-state index in [1.165, 1.54) is 11.3 Å². The molecule has 0 aliphatic carbocycles. The first-order valence-electron chi connectivity index (χ1n) is 7.39. The molecule has 1 unspecified atom stereocenters. The second-order valence-corrected chi connectivity index (χ2v) is 5.22. The maximum atomic E-state index is 4.58. The van der Waals surface area contributed by atoms with E-state index in [2.05, 4.69) is 52.8 Å². The van der Waals surface area contributed by atoms with Crippen LogP contribution in [0.4, 0.5) is 0 Å². The smallest absolute Gasteiger partial charge is 0.106 e. The highest BCUT2D eigenvalue weighted by Gasteiger charge is 2.16. The summed E-state index contributed by atoms with van der Waals surface area (Å²) in [5.41, 5.74) is 3.75. The molecule has 0 fully saturated rings. The molecule has 110 valence electrons. The first-order valence-corrected chi connectivity index (χ1v) is 7.39. The van der Waals surface area contributed by atoms with E-state index >= 15 is 0 Å². The lowest BCUT2D eigenvalue weighted by molar-refractivity contribution is 0.549. The molecule has 0 aliphatic rings. The third-order valence-electron chi connectivity index (χ3n) is 3.77. The molecular formula is C15H25N5. The van der Waals surface area contributed by atoms with E-state index in [1.807, 2.05) is 6.20 Å². The minimum Gasteiger partial charge on any atom is -0.349 e. The second kappa shape index (κ2) is 6.70. The normalized spacial score (nSPS) is 12.8. The highest BCUT2D eigenvalue weighted by Crippen LogP contribution is 2.21. The molecule has 0 saturated heterocycles. The molecule has 0 bridgehead atoms. The Morgan fingerprint density at radius 1 is 1.40 bits per heavy atom. The lowest BCUT2D eigenvalue weighted by Crippen LogP contribution is -2.21. The summed E-state index contributed by atoms with van der Waals surface area (Å²) >= 11 is 0. The van der Waals surface area contributed by atoms with Crippen molar-refractivity contribution >= 4 is 0 Å². The van der Waals surface area contributed by atoms with E-state index in [0.29, 0.717) is 6.04 Å². The molecule has 0 radical (unpaired) electrons. The predicted octanol–water partition coefficient (Wildman–Crippen LogP) is 2.53. The van der Waals surface area contributed by atoms with Gasteiger partial charge in [-0.25, -0.2) is 4.98 Å². The van der Waals surface area contributed by atoms with Crippen LogP contribution >= 0.6 is 0 Å². The highest BCUT2D eigenvalue weighted by molar-refractivity contribution is 5.27. The molecule has 0 aromatic carbocycles. The van der Waals surface area contributed by atoms with Crippen molar-refractivity contribution < 1.29 is 0 Å². The Morgan fingerprint density at radius 3 is 2.80 bits per heavy atom. The Kier molecular flexibility index (Phi) is 4.95. The van der Waals surface area contributed by atoms with Crippen LogP contribution in [-0.4, -0.2) is 26.3 Å². The zero-order valence-corrected chi connectivity index (χ0v) is 12.9. The largest absolute Gasteiger partial charge is 0.349 e. The molecule has 5 nitrogen and oxygen atoms in total. The van der Waals surface area contributed by atoms with Gasteiger partial charge >= 0.3 is 0 Å². The second-order valence-electron chi connectivity index (χ2n) is 5.22. The van der Waals surface area contributed by atoms with Gasteiger partial charge < -0.3 is 10.3 Å². The fourth-order valence-corrected chi connectivity index (χ4v) is 2.76. The lowest BCUT2D eigenvalue weighted by atomic mass is 10.1. The maximum absolute atomic E-state index is 4.58. The summed E-state index contributed by atoms with van der Waals surface area (Å²) in [5.74, 6) is 1.06. The molecule has 2 heterocycles. The van der Waals surface area contributed by atoms with Crippen LogP contribution in [-0.2, 0) is 13.0 Å². The number of H-pyrrole nitrogens is 1. The monoisotopic (exact) mass is 275 g/mol. The van der Waals surface area contributed by atoms with Crippen molar-refractivity contribution in [3.63, 3.8) is 0 Å². The number of hydrogen-bond acceptors (Lipinski definition) is 3. The predicted molar refractivity (Wildman–Crippen MR) is 80.7 cm³/mol. The topological polar surface area (TPSA) is 58.5 Å². The fraction of sp³-hybridized carbons (Fsp3) is 0.600. The third kappa shape index (κ3) is 3.28. The molecular weight excluding hydrogens is 250 g/mol. The number of hydrogen-bond donors (Lipinski definition) is 2. The molecule has 0 amide bonds. The van der Waals surface area contributed by atoms with Crippen molar-refractivity contribution in [1.82, 2.24) is 25.1 Å². The van der Waals surface area contributed by atoms with E-state index in [0.717, 1.165) is 37.4 Å². The molecule has 2 aromatic heterocycles. The van der Waals surface area contributed by atoms with Crippen LogP contribution in [0.25, 0.3) is 0 Å². The summed E-state index contributed by atoms with van der Waals surface area (Å²) in [6.45, 7) is 10.5. The van der Waals surface area contributed by atoms with E-state index < -0.39 is 0 Å². The van der Waals surface area contributed by atoms with E-state index in [-0.39, 0.29) is 0 Å². The van der Waals surface area contributed by atoms with Crippen molar-refractivity contribution in [3.05, 3.63) is 35.2 Å². The van der Waals surface area contributed by atoms with Crippen molar-refractivity contribution in [2.75, 3.05) is 6.54 Å². The van der Waals surface area contributed by atoms with Crippen LogP contribution in [0.1, 0.15) is 49.1 Å². The summed E-state index contributed by atoms with van der Waals surface area (Å²) in [4.78, 5) is 7.37. The summed E-state index contributed by atoms with van der Waals surface area (Å²) in [7, 11) is 0. The van der Waals surface area contributed by atoms with E-state index in [4.69, 9.17) is 0 Å². The maximum Gasteiger partial charge on any atom is 0.106 e. The van der Waals surface area contributed by atoms with Gasteiger partial charge in [-0.15, -0.1) is 0 Å². The summed E-state index contributed by atoms with van der Waals surface area (Å²) in [5, 5.41) is 8.17. The number of nitrogens with zero attached hydrogens (tertiary/aromatic N) is 3.